The second kappa shape index (κ2) is 9.32. The van der Waals surface area contributed by atoms with Gasteiger partial charge in [0, 0.05) is 25.6 Å². The molecule has 28 heavy (non-hydrogen) atoms. The van der Waals surface area contributed by atoms with Crippen LogP contribution in [0.4, 0.5) is 4.79 Å². The van der Waals surface area contributed by atoms with Gasteiger partial charge in [0.25, 0.3) is 0 Å². The largest absolute Gasteiger partial charge is 0.477 e. The van der Waals surface area contributed by atoms with E-state index in [-0.39, 0.29) is 17.8 Å². The lowest BCUT2D eigenvalue weighted by Crippen LogP contribution is -2.66. The Morgan fingerprint density at radius 3 is 2.46 bits per heavy atom. The second-order valence-corrected chi connectivity index (χ2v) is 6.73. The van der Waals surface area contributed by atoms with E-state index < -0.39 is 24.2 Å². The first-order valence-corrected chi connectivity index (χ1v) is 9.12. The minimum Gasteiger partial charge on any atom is -0.477 e. The Bertz CT molecular complexity index is 749. The van der Waals surface area contributed by atoms with Crippen molar-refractivity contribution in [3.63, 3.8) is 0 Å². The highest BCUT2D eigenvalue weighted by Crippen LogP contribution is 2.40. The fourth-order valence-electron chi connectivity index (χ4n) is 3.50. The maximum atomic E-state index is 11.8. The average molecular weight is 390 g/mol. The molecule has 2 unspecified atom stereocenters. The van der Waals surface area contributed by atoms with Crippen molar-refractivity contribution in [2.24, 2.45) is 11.1 Å². The van der Waals surface area contributed by atoms with Gasteiger partial charge < -0.3 is 25.7 Å². The highest BCUT2D eigenvalue weighted by Gasteiger charge is 2.51. The molecule has 0 saturated carbocycles. The number of aliphatic carboxylic acids is 1. The Labute approximate surface area is 163 Å². The number of carbonyl (C=O) groups is 2. The van der Waals surface area contributed by atoms with Crippen molar-refractivity contribution in [3.8, 4) is 0 Å². The van der Waals surface area contributed by atoms with E-state index >= 15 is 0 Å². The third-order valence-electron chi connectivity index (χ3n) is 5.03. The van der Waals surface area contributed by atoms with Crippen molar-refractivity contribution >= 4 is 18.1 Å². The van der Waals surface area contributed by atoms with Gasteiger partial charge in [-0.15, -0.1) is 0 Å². The van der Waals surface area contributed by atoms with Gasteiger partial charge in [0.1, 0.15) is 11.9 Å². The molecule has 1 saturated heterocycles. The van der Waals surface area contributed by atoms with E-state index in [4.69, 9.17) is 0 Å². The lowest BCUT2D eigenvalue weighted by molar-refractivity contribution is -0.172. The molecule has 152 valence electrons. The van der Waals surface area contributed by atoms with E-state index in [1.807, 2.05) is 6.92 Å². The molecule has 1 aliphatic rings. The van der Waals surface area contributed by atoms with Crippen molar-refractivity contribution in [1.29, 1.82) is 0 Å². The molecule has 0 radical (unpaired) electrons. The zero-order valence-corrected chi connectivity index (χ0v) is 16.1. The van der Waals surface area contributed by atoms with Crippen LogP contribution in [0.5, 0.6) is 0 Å². The number of nitrogens with zero attached hydrogens (tertiary/aromatic N) is 2. The van der Waals surface area contributed by atoms with Gasteiger partial charge in [0.2, 0.25) is 0 Å². The first kappa shape index (κ1) is 21.4. The van der Waals surface area contributed by atoms with Crippen LogP contribution in [-0.2, 0) is 11.3 Å². The minimum atomic E-state index is -1.16. The van der Waals surface area contributed by atoms with Crippen molar-refractivity contribution < 1.29 is 19.8 Å². The van der Waals surface area contributed by atoms with Crippen LogP contribution in [-0.4, -0.2) is 52.5 Å². The summed E-state index contributed by atoms with van der Waals surface area (Å²) in [5.74, 6) is -1.56. The molecule has 0 aliphatic carbocycles. The Balaban J connectivity index is 2.19. The minimum absolute atomic E-state index is 0.0371. The van der Waals surface area contributed by atoms with E-state index in [1.165, 1.54) is 18.0 Å². The van der Waals surface area contributed by atoms with Gasteiger partial charge in [-0.2, -0.15) is 4.91 Å². The molecule has 0 bridgehead atoms. The summed E-state index contributed by atoms with van der Waals surface area (Å²) in [5, 5.41) is 28.2. The van der Waals surface area contributed by atoms with Crippen LogP contribution in [0.3, 0.4) is 0 Å². The van der Waals surface area contributed by atoms with Crippen molar-refractivity contribution in [3.05, 3.63) is 46.0 Å². The quantitative estimate of drug-likeness (QED) is 0.395. The van der Waals surface area contributed by atoms with Crippen LogP contribution < -0.4 is 10.6 Å². The second-order valence-electron chi connectivity index (χ2n) is 6.73. The van der Waals surface area contributed by atoms with Crippen molar-refractivity contribution in [2.45, 2.75) is 45.1 Å². The van der Waals surface area contributed by atoms with Crippen LogP contribution in [0, 0.1) is 10.8 Å². The fourth-order valence-corrected chi connectivity index (χ4v) is 3.50. The first-order valence-electron chi connectivity index (χ1n) is 9.12. The molecule has 0 spiro atoms. The fraction of sp³-hybridized carbons (Fsp3) is 0.474. The van der Waals surface area contributed by atoms with E-state index in [9.17, 15) is 24.7 Å². The topological polar surface area (TPSA) is 131 Å². The summed E-state index contributed by atoms with van der Waals surface area (Å²) in [5.41, 5.74) is 1.47. The molecule has 9 nitrogen and oxygen atoms in total. The molecule has 0 aromatic heterocycles. The lowest BCUT2D eigenvalue weighted by atomic mass is 9.79. The number of aliphatic hydroxyl groups is 1. The normalized spacial score (nSPS) is 22.8. The Kier molecular flexibility index (Phi) is 7.11. The van der Waals surface area contributed by atoms with Gasteiger partial charge in [-0.1, -0.05) is 36.4 Å². The first-order chi connectivity index (χ1) is 13.3. The molecule has 1 heterocycles. The summed E-state index contributed by atoms with van der Waals surface area (Å²) >= 11 is 0. The number of urea groups is 1. The summed E-state index contributed by atoms with van der Waals surface area (Å²) in [6, 6.07) is 5.88. The van der Waals surface area contributed by atoms with Gasteiger partial charge in [-0.25, -0.2) is 9.59 Å². The molecule has 1 fully saturated rings. The maximum absolute atomic E-state index is 11.8. The number of hydrogen-bond donors (Lipinski definition) is 4. The standard InChI is InChI=1S/C19H26N4O5/c1-4-14-16(11(2)22-28)17(24)23(14)15(18(25)26)9-12-5-7-13(8-6-12)10-21-19(27)20-3/h5-9,11,14,16-17,24H,4,10H2,1-3H3,(H,25,26)(H2,20,21,27)/b15-9+/t11?,14-,16?,17-/m1/s1. The summed E-state index contributed by atoms with van der Waals surface area (Å²) in [6.07, 6.45) is 0.992. The van der Waals surface area contributed by atoms with Crippen LogP contribution in [0.25, 0.3) is 6.08 Å². The predicted molar refractivity (Wildman–Crippen MR) is 104 cm³/mol. The Hall–Kier alpha value is -2.94. The SMILES string of the molecule is CC[C@@H]1C(C(C)N=O)[C@@H](O)N1/C(=C/c1ccc(CNC(=O)NC)cc1)C(=O)O. The van der Waals surface area contributed by atoms with Crippen LogP contribution in [0.2, 0.25) is 0 Å². The highest BCUT2D eigenvalue weighted by atomic mass is 16.4. The van der Waals surface area contributed by atoms with Crippen LogP contribution in [0.1, 0.15) is 31.4 Å². The molecule has 1 aliphatic heterocycles. The summed E-state index contributed by atoms with van der Waals surface area (Å²) in [7, 11) is 1.53. The average Bonchev–Trinajstić information content (AvgIpc) is 2.69. The summed E-state index contributed by atoms with van der Waals surface area (Å²) in [4.78, 5) is 35.3. The zero-order valence-electron chi connectivity index (χ0n) is 16.1. The molecule has 2 rings (SSSR count). The number of carbonyl (C=O) groups excluding carboxylic acids is 1. The van der Waals surface area contributed by atoms with Gasteiger partial charge in [0.05, 0.1) is 6.04 Å². The maximum Gasteiger partial charge on any atom is 0.352 e. The van der Waals surface area contributed by atoms with Crippen LogP contribution >= 0.6 is 0 Å². The van der Waals surface area contributed by atoms with E-state index in [1.54, 1.807) is 31.2 Å². The van der Waals surface area contributed by atoms with Gasteiger partial charge in [-0.05, 0) is 30.5 Å². The van der Waals surface area contributed by atoms with Crippen molar-refractivity contribution in [1.82, 2.24) is 15.5 Å². The predicted octanol–water partition coefficient (Wildman–Crippen LogP) is 1.72. The van der Waals surface area contributed by atoms with E-state index in [0.717, 1.165) is 5.56 Å². The molecule has 4 N–H and O–H groups in total. The van der Waals surface area contributed by atoms with Gasteiger partial charge >= 0.3 is 12.0 Å². The third-order valence-corrected chi connectivity index (χ3v) is 5.03. The highest BCUT2D eigenvalue weighted by molar-refractivity contribution is 5.91. The molecular weight excluding hydrogens is 364 g/mol. The molecular formula is C19H26N4O5. The summed E-state index contributed by atoms with van der Waals surface area (Å²) in [6.45, 7) is 3.84. The van der Waals surface area contributed by atoms with E-state index in [2.05, 4.69) is 15.8 Å². The molecule has 2 amide bonds. The number of aliphatic hydroxyl groups excluding tert-OH is 1. The number of nitroso groups, excluding NO2 is 1. The third kappa shape index (κ3) is 4.48. The van der Waals surface area contributed by atoms with Gasteiger partial charge in [-0.3, -0.25) is 0 Å². The Morgan fingerprint density at radius 2 is 1.96 bits per heavy atom. The van der Waals surface area contributed by atoms with Crippen molar-refractivity contribution in [2.75, 3.05) is 7.05 Å². The molecule has 4 atom stereocenters. The number of rotatable bonds is 8. The number of nitrogens with one attached hydrogen (secondary N) is 2. The number of carboxylic acid groups (broad SMARTS) is 1. The molecule has 9 heteroatoms. The molecule has 1 aromatic carbocycles. The number of benzene rings is 1. The van der Waals surface area contributed by atoms with Gasteiger partial charge in [0.15, 0.2) is 0 Å². The Morgan fingerprint density at radius 1 is 1.32 bits per heavy atom. The monoisotopic (exact) mass is 390 g/mol. The van der Waals surface area contributed by atoms with Crippen LogP contribution in [0.15, 0.2) is 35.1 Å². The number of hydrogen-bond acceptors (Lipinski definition) is 6. The summed E-state index contributed by atoms with van der Waals surface area (Å²) < 4.78 is 0. The molecule has 1 aromatic rings. The number of likely N-dealkylation sites (tertiary alicyclic amines) is 1. The lowest BCUT2D eigenvalue weighted by Gasteiger charge is -2.54. The number of carboxylic acids is 1. The smallest absolute Gasteiger partial charge is 0.352 e. The number of amides is 2. The zero-order chi connectivity index (χ0) is 20.8. The van der Waals surface area contributed by atoms with E-state index in [0.29, 0.717) is 18.5 Å².